The van der Waals surface area contributed by atoms with E-state index >= 15 is 0 Å². The van der Waals surface area contributed by atoms with Gasteiger partial charge in [-0.15, -0.1) is 0 Å². The van der Waals surface area contributed by atoms with E-state index in [0.717, 1.165) is 25.6 Å². The molecule has 0 saturated heterocycles. The SMILES string of the molecule is CCN(CC(C)C)C1CCNCc2ccccc21. The quantitative estimate of drug-likeness (QED) is 0.877. The molecule has 1 aliphatic heterocycles. The number of nitrogens with zero attached hydrogens (tertiary/aromatic N) is 1. The summed E-state index contributed by atoms with van der Waals surface area (Å²) in [4.78, 5) is 2.64. The minimum absolute atomic E-state index is 0.587. The van der Waals surface area contributed by atoms with Crippen LogP contribution in [0, 0.1) is 5.92 Å². The van der Waals surface area contributed by atoms with Gasteiger partial charge in [-0.3, -0.25) is 4.90 Å². The van der Waals surface area contributed by atoms with Crippen molar-refractivity contribution in [1.82, 2.24) is 10.2 Å². The number of benzene rings is 1. The second-order valence-electron chi connectivity index (χ2n) is 5.66. The van der Waals surface area contributed by atoms with Crippen LogP contribution in [0.25, 0.3) is 0 Å². The Hall–Kier alpha value is -0.860. The highest BCUT2D eigenvalue weighted by molar-refractivity contribution is 5.31. The summed E-state index contributed by atoms with van der Waals surface area (Å²) in [6, 6.07) is 9.51. The van der Waals surface area contributed by atoms with Crippen LogP contribution in [-0.2, 0) is 6.54 Å². The Labute approximate surface area is 111 Å². The molecule has 1 aromatic rings. The summed E-state index contributed by atoms with van der Waals surface area (Å²) in [6.07, 6.45) is 1.22. The van der Waals surface area contributed by atoms with Crippen molar-refractivity contribution in [1.29, 1.82) is 0 Å². The number of hydrogen-bond acceptors (Lipinski definition) is 2. The van der Waals surface area contributed by atoms with Gasteiger partial charge in [0.2, 0.25) is 0 Å². The standard InChI is InChI=1S/C16H26N2/c1-4-18(12-13(2)3)16-9-10-17-11-14-7-5-6-8-15(14)16/h5-8,13,16-17H,4,9-12H2,1-3H3. The summed E-state index contributed by atoms with van der Waals surface area (Å²) >= 11 is 0. The van der Waals surface area contributed by atoms with E-state index in [2.05, 4.69) is 55.3 Å². The smallest absolute Gasteiger partial charge is 0.0363 e. The number of hydrogen-bond donors (Lipinski definition) is 1. The van der Waals surface area contributed by atoms with E-state index in [4.69, 9.17) is 0 Å². The van der Waals surface area contributed by atoms with Gasteiger partial charge in [-0.2, -0.15) is 0 Å². The molecule has 18 heavy (non-hydrogen) atoms. The molecular formula is C16H26N2. The Morgan fingerprint density at radius 3 is 2.83 bits per heavy atom. The molecule has 2 nitrogen and oxygen atoms in total. The van der Waals surface area contributed by atoms with Crippen molar-refractivity contribution >= 4 is 0 Å². The molecule has 100 valence electrons. The third-order valence-electron chi connectivity index (χ3n) is 3.77. The summed E-state index contributed by atoms with van der Waals surface area (Å²) in [5.41, 5.74) is 3.01. The molecule has 0 spiro atoms. The van der Waals surface area contributed by atoms with Crippen LogP contribution in [0.15, 0.2) is 24.3 Å². The Balaban J connectivity index is 2.25. The summed E-state index contributed by atoms with van der Waals surface area (Å²) in [5, 5.41) is 3.54. The van der Waals surface area contributed by atoms with Crippen LogP contribution in [-0.4, -0.2) is 24.5 Å². The summed E-state index contributed by atoms with van der Waals surface area (Å²) < 4.78 is 0. The van der Waals surface area contributed by atoms with Crippen molar-refractivity contribution in [3.63, 3.8) is 0 Å². The Morgan fingerprint density at radius 1 is 1.33 bits per heavy atom. The van der Waals surface area contributed by atoms with Gasteiger partial charge in [-0.25, -0.2) is 0 Å². The van der Waals surface area contributed by atoms with E-state index in [1.165, 1.54) is 24.1 Å². The predicted molar refractivity (Wildman–Crippen MR) is 77.6 cm³/mol. The molecule has 1 unspecified atom stereocenters. The Bertz CT molecular complexity index is 373. The van der Waals surface area contributed by atoms with Crippen molar-refractivity contribution in [2.24, 2.45) is 5.92 Å². The lowest BCUT2D eigenvalue weighted by molar-refractivity contribution is 0.177. The maximum atomic E-state index is 3.54. The second kappa shape index (κ2) is 6.35. The van der Waals surface area contributed by atoms with E-state index in [1.807, 2.05) is 0 Å². The molecule has 0 bridgehead atoms. The molecular weight excluding hydrogens is 220 g/mol. The molecule has 2 heteroatoms. The molecule has 1 aliphatic rings. The van der Waals surface area contributed by atoms with Gasteiger partial charge in [0.05, 0.1) is 0 Å². The average Bonchev–Trinajstić information content (AvgIpc) is 2.58. The second-order valence-corrected chi connectivity index (χ2v) is 5.66. The fourth-order valence-electron chi connectivity index (χ4n) is 2.96. The van der Waals surface area contributed by atoms with E-state index in [0.29, 0.717) is 6.04 Å². The van der Waals surface area contributed by atoms with Crippen LogP contribution in [0.4, 0.5) is 0 Å². The maximum Gasteiger partial charge on any atom is 0.0363 e. The molecule has 1 N–H and O–H groups in total. The van der Waals surface area contributed by atoms with E-state index in [1.54, 1.807) is 0 Å². The van der Waals surface area contributed by atoms with Gasteiger partial charge < -0.3 is 5.32 Å². The van der Waals surface area contributed by atoms with Gasteiger partial charge in [0, 0.05) is 19.1 Å². The van der Waals surface area contributed by atoms with Crippen LogP contribution < -0.4 is 5.32 Å². The van der Waals surface area contributed by atoms with E-state index < -0.39 is 0 Å². The summed E-state index contributed by atoms with van der Waals surface area (Å²) in [7, 11) is 0. The molecule has 1 atom stereocenters. The molecule has 0 aromatic heterocycles. The molecule has 1 heterocycles. The lowest BCUT2D eigenvalue weighted by Crippen LogP contribution is -2.33. The first-order valence-corrected chi connectivity index (χ1v) is 7.25. The minimum atomic E-state index is 0.587. The highest BCUT2D eigenvalue weighted by atomic mass is 15.2. The van der Waals surface area contributed by atoms with Crippen LogP contribution in [0.3, 0.4) is 0 Å². The zero-order valence-electron chi connectivity index (χ0n) is 11.9. The molecule has 0 amide bonds. The zero-order valence-corrected chi connectivity index (χ0v) is 11.9. The maximum absolute atomic E-state index is 3.54. The van der Waals surface area contributed by atoms with Crippen LogP contribution in [0.5, 0.6) is 0 Å². The van der Waals surface area contributed by atoms with Gasteiger partial charge in [-0.1, -0.05) is 45.0 Å². The number of nitrogens with one attached hydrogen (secondary N) is 1. The van der Waals surface area contributed by atoms with Crippen molar-refractivity contribution in [2.75, 3.05) is 19.6 Å². The molecule has 2 rings (SSSR count). The molecule has 0 fully saturated rings. The third kappa shape index (κ3) is 3.12. The first-order chi connectivity index (χ1) is 8.72. The van der Waals surface area contributed by atoms with Crippen molar-refractivity contribution < 1.29 is 0 Å². The predicted octanol–water partition coefficient (Wildman–Crippen LogP) is 3.20. The summed E-state index contributed by atoms with van der Waals surface area (Å²) in [5.74, 6) is 0.730. The number of fused-ring (bicyclic) bond motifs is 1. The average molecular weight is 246 g/mol. The lowest BCUT2D eigenvalue weighted by Gasteiger charge is -2.32. The van der Waals surface area contributed by atoms with Gasteiger partial charge in [0.15, 0.2) is 0 Å². The van der Waals surface area contributed by atoms with E-state index in [-0.39, 0.29) is 0 Å². The number of rotatable bonds is 4. The van der Waals surface area contributed by atoms with Gasteiger partial charge >= 0.3 is 0 Å². The molecule has 0 aliphatic carbocycles. The molecule has 1 aromatic carbocycles. The highest BCUT2D eigenvalue weighted by Gasteiger charge is 2.23. The van der Waals surface area contributed by atoms with Gasteiger partial charge in [-0.05, 0) is 36.6 Å². The monoisotopic (exact) mass is 246 g/mol. The van der Waals surface area contributed by atoms with Crippen LogP contribution in [0.2, 0.25) is 0 Å². The van der Waals surface area contributed by atoms with Crippen molar-refractivity contribution in [3.05, 3.63) is 35.4 Å². The minimum Gasteiger partial charge on any atom is -0.313 e. The van der Waals surface area contributed by atoms with E-state index in [9.17, 15) is 0 Å². The molecule has 0 radical (unpaired) electrons. The lowest BCUT2D eigenvalue weighted by atomic mass is 9.97. The first kappa shape index (κ1) is 13.6. The summed E-state index contributed by atoms with van der Waals surface area (Å²) in [6.45, 7) is 11.4. The van der Waals surface area contributed by atoms with Crippen molar-refractivity contribution in [2.45, 2.75) is 39.8 Å². The third-order valence-corrected chi connectivity index (χ3v) is 3.77. The topological polar surface area (TPSA) is 15.3 Å². The van der Waals surface area contributed by atoms with Crippen LogP contribution in [0.1, 0.15) is 44.4 Å². The largest absolute Gasteiger partial charge is 0.313 e. The Kier molecular flexibility index (Phi) is 4.79. The fraction of sp³-hybridized carbons (Fsp3) is 0.625. The zero-order chi connectivity index (χ0) is 13.0. The normalized spacial score (nSPS) is 19.9. The van der Waals surface area contributed by atoms with Crippen molar-refractivity contribution in [3.8, 4) is 0 Å². The fourth-order valence-corrected chi connectivity index (χ4v) is 2.96. The highest BCUT2D eigenvalue weighted by Crippen LogP contribution is 2.29. The molecule has 0 saturated carbocycles. The first-order valence-electron chi connectivity index (χ1n) is 7.25. The van der Waals surface area contributed by atoms with Crippen LogP contribution >= 0.6 is 0 Å². The Morgan fingerprint density at radius 2 is 2.11 bits per heavy atom. The van der Waals surface area contributed by atoms with Gasteiger partial charge in [0.1, 0.15) is 0 Å². The van der Waals surface area contributed by atoms with Gasteiger partial charge in [0.25, 0.3) is 0 Å².